The molecule has 0 bridgehead atoms. The van der Waals surface area contributed by atoms with E-state index in [1.165, 1.54) is 0 Å². The molecule has 0 saturated heterocycles. The molecule has 0 spiro atoms. The normalized spacial score (nSPS) is 10.7. The summed E-state index contributed by atoms with van der Waals surface area (Å²) in [5, 5.41) is 22.1. The van der Waals surface area contributed by atoms with Gasteiger partial charge in [0.15, 0.2) is 23.1 Å². The Balaban J connectivity index is 2.74. The highest BCUT2D eigenvalue weighted by Crippen LogP contribution is 2.46. The second kappa shape index (κ2) is 15.1. The molecule has 9 heteroatoms. The molecule has 206 valence electrons. The van der Waals surface area contributed by atoms with E-state index in [1.807, 2.05) is 20.8 Å². The van der Waals surface area contributed by atoms with Crippen LogP contribution in [0.4, 0.5) is 0 Å². The number of phenols is 2. The van der Waals surface area contributed by atoms with E-state index in [9.17, 15) is 29.4 Å². The number of unbranched alkanes of at least 4 members (excludes halogenated alkanes) is 3. The van der Waals surface area contributed by atoms with Crippen molar-refractivity contribution in [2.45, 2.75) is 85.2 Å². The Hall–Kier alpha value is -3.39. The number of halogens is 1. The number of aromatic hydroxyl groups is 2. The molecule has 0 unspecified atom stereocenters. The number of ketones is 2. The second-order valence-electron chi connectivity index (χ2n) is 8.95. The number of carbonyl (C=O) groups excluding carboxylic acids is 4. The summed E-state index contributed by atoms with van der Waals surface area (Å²) in [4.78, 5) is 52.6. The van der Waals surface area contributed by atoms with Gasteiger partial charge in [-0.3, -0.25) is 14.4 Å². The third-order valence-electron chi connectivity index (χ3n) is 5.95. The van der Waals surface area contributed by atoms with Crippen LogP contribution in [-0.2, 0) is 16.1 Å². The van der Waals surface area contributed by atoms with E-state index in [4.69, 9.17) is 21.1 Å². The van der Waals surface area contributed by atoms with Gasteiger partial charge >= 0.3 is 11.9 Å². The van der Waals surface area contributed by atoms with E-state index in [0.29, 0.717) is 49.1 Å². The summed E-state index contributed by atoms with van der Waals surface area (Å²) in [6.07, 6.45) is 3.26. The second-order valence-corrected chi connectivity index (χ2v) is 9.36. The molecule has 2 aromatic rings. The Kier molecular flexibility index (Phi) is 12.3. The van der Waals surface area contributed by atoms with Gasteiger partial charge in [0.1, 0.15) is 6.61 Å². The molecule has 0 radical (unpaired) electrons. The van der Waals surface area contributed by atoms with Crippen LogP contribution >= 0.6 is 11.6 Å². The quantitative estimate of drug-likeness (QED) is 0.106. The third-order valence-corrected chi connectivity index (χ3v) is 6.32. The minimum atomic E-state index is -1.09. The predicted molar refractivity (Wildman–Crippen MR) is 143 cm³/mol. The number of carbonyl (C=O) groups is 4. The van der Waals surface area contributed by atoms with Crippen molar-refractivity contribution in [2.75, 3.05) is 0 Å². The molecular weight excluding hydrogens is 512 g/mol. The van der Waals surface area contributed by atoms with Crippen LogP contribution in [0.5, 0.6) is 17.2 Å². The van der Waals surface area contributed by atoms with E-state index in [1.54, 1.807) is 24.3 Å². The summed E-state index contributed by atoms with van der Waals surface area (Å²) < 4.78 is 10.8. The zero-order valence-electron chi connectivity index (χ0n) is 22.1. The minimum Gasteiger partial charge on any atom is -0.504 e. The molecule has 0 aliphatic carbocycles. The maximum absolute atomic E-state index is 13.5. The molecule has 0 fully saturated rings. The molecule has 0 heterocycles. The molecular formula is C29H35ClO8. The summed E-state index contributed by atoms with van der Waals surface area (Å²) >= 11 is 6.17. The molecule has 0 aromatic heterocycles. The monoisotopic (exact) mass is 546 g/mol. The Bertz CT molecular complexity index is 1170. The van der Waals surface area contributed by atoms with Gasteiger partial charge in [-0.15, -0.1) is 0 Å². The summed E-state index contributed by atoms with van der Waals surface area (Å²) in [5.74, 6) is -5.68. The van der Waals surface area contributed by atoms with Crippen LogP contribution in [-0.4, -0.2) is 33.7 Å². The van der Waals surface area contributed by atoms with Gasteiger partial charge in [-0.1, -0.05) is 69.8 Å². The van der Waals surface area contributed by atoms with E-state index in [-0.39, 0.29) is 25.9 Å². The zero-order valence-corrected chi connectivity index (χ0v) is 22.9. The number of hydrogen-bond donors (Lipinski definition) is 2. The van der Waals surface area contributed by atoms with Crippen molar-refractivity contribution in [3.8, 4) is 17.2 Å². The van der Waals surface area contributed by atoms with Crippen LogP contribution in [0.15, 0.2) is 24.3 Å². The van der Waals surface area contributed by atoms with Crippen molar-refractivity contribution >= 4 is 35.1 Å². The van der Waals surface area contributed by atoms with Gasteiger partial charge in [-0.25, -0.2) is 4.79 Å². The van der Waals surface area contributed by atoms with Crippen LogP contribution in [0.1, 0.15) is 115 Å². The van der Waals surface area contributed by atoms with Gasteiger partial charge in [-0.05, 0) is 25.3 Å². The number of esters is 2. The van der Waals surface area contributed by atoms with E-state index >= 15 is 0 Å². The molecule has 38 heavy (non-hydrogen) atoms. The van der Waals surface area contributed by atoms with Crippen molar-refractivity contribution in [1.82, 2.24) is 0 Å². The average molecular weight is 547 g/mol. The van der Waals surface area contributed by atoms with Crippen LogP contribution in [0.2, 0.25) is 5.02 Å². The molecule has 2 rings (SSSR count). The fourth-order valence-electron chi connectivity index (χ4n) is 3.78. The van der Waals surface area contributed by atoms with E-state index in [0.717, 1.165) is 0 Å². The van der Waals surface area contributed by atoms with Crippen LogP contribution in [0.25, 0.3) is 0 Å². The number of benzene rings is 2. The van der Waals surface area contributed by atoms with Crippen molar-refractivity contribution in [3.05, 3.63) is 51.5 Å². The van der Waals surface area contributed by atoms with Crippen LogP contribution < -0.4 is 4.74 Å². The minimum absolute atomic E-state index is 0.0112. The summed E-state index contributed by atoms with van der Waals surface area (Å²) in [6.45, 7) is 5.32. The van der Waals surface area contributed by atoms with Crippen molar-refractivity contribution < 1.29 is 38.9 Å². The Morgan fingerprint density at radius 3 is 1.89 bits per heavy atom. The van der Waals surface area contributed by atoms with Crippen molar-refractivity contribution in [2.24, 2.45) is 0 Å². The van der Waals surface area contributed by atoms with Gasteiger partial charge in [0.25, 0.3) is 0 Å². The smallest absolute Gasteiger partial charge is 0.340 e. The van der Waals surface area contributed by atoms with E-state index < -0.39 is 57.4 Å². The van der Waals surface area contributed by atoms with Gasteiger partial charge in [-0.2, -0.15) is 0 Å². The SMILES string of the molecule is CCCCC(=O)Oc1c(O)c(O)c(C(=O)CCCC)c(C(=O)OCc2ccccc2Cl)c1C(=O)CCCC. The molecule has 0 aliphatic rings. The van der Waals surface area contributed by atoms with Gasteiger partial charge in [0.05, 0.1) is 16.7 Å². The van der Waals surface area contributed by atoms with Crippen molar-refractivity contribution in [3.63, 3.8) is 0 Å². The summed E-state index contributed by atoms with van der Waals surface area (Å²) in [7, 11) is 0. The molecule has 0 atom stereocenters. The Morgan fingerprint density at radius 2 is 1.32 bits per heavy atom. The molecule has 8 nitrogen and oxygen atoms in total. The first kappa shape index (κ1) is 30.8. The lowest BCUT2D eigenvalue weighted by Gasteiger charge is -2.20. The van der Waals surface area contributed by atoms with Gasteiger partial charge < -0.3 is 19.7 Å². The number of Topliss-reactive ketones (excluding diaryl/α,β-unsaturated/α-hetero) is 2. The van der Waals surface area contributed by atoms with E-state index in [2.05, 4.69) is 0 Å². The topological polar surface area (TPSA) is 127 Å². The zero-order chi connectivity index (χ0) is 28.2. The standard InChI is InChI=1S/C29H35ClO8/c1-4-7-14-20(31)23-25(29(36)37-17-18-12-10-11-13-19(18)30)24(21(32)15-8-5-2)28(27(35)26(23)34)38-22(33)16-9-6-3/h10-13,34-35H,4-9,14-17H2,1-3H3. The van der Waals surface area contributed by atoms with Crippen LogP contribution in [0, 0.1) is 0 Å². The lowest BCUT2D eigenvalue weighted by atomic mass is 9.90. The largest absolute Gasteiger partial charge is 0.504 e. The maximum atomic E-state index is 13.5. The number of ether oxygens (including phenoxy) is 2. The highest BCUT2D eigenvalue weighted by atomic mass is 35.5. The van der Waals surface area contributed by atoms with Crippen LogP contribution in [0.3, 0.4) is 0 Å². The Morgan fingerprint density at radius 1 is 0.763 bits per heavy atom. The third kappa shape index (κ3) is 7.81. The fourth-order valence-corrected chi connectivity index (χ4v) is 3.97. The first-order valence-electron chi connectivity index (χ1n) is 13.0. The fraction of sp³-hybridized carbons (Fsp3) is 0.448. The number of hydrogen-bond acceptors (Lipinski definition) is 8. The molecule has 2 N–H and O–H groups in total. The Labute approximate surface area is 227 Å². The number of phenolic OH excluding ortho intramolecular Hbond substituents is 2. The number of rotatable bonds is 15. The lowest BCUT2D eigenvalue weighted by Crippen LogP contribution is -2.21. The average Bonchev–Trinajstić information content (AvgIpc) is 2.90. The molecule has 2 aromatic carbocycles. The van der Waals surface area contributed by atoms with Crippen molar-refractivity contribution in [1.29, 1.82) is 0 Å². The van der Waals surface area contributed by atoms with Gasteiger partial charge in [0.2, 0.25) is 5.75 Å². The summed E-state index contributed by atoms with van der Waals surface area (Å²) in [5.41, 5.74) is -1.04. The molecule has 0 amide bonds. The molecule has 0 aliphatic heterocycles. The predicted octanol–water partition coefficient (Wildman–Crippen LogP) is 6.95. The lowest BCUT2D eigenvalue weighted by molar-refractivity contribution is -0.134. The maximum Gasteiger partial charge on any atom is 0.340 e. The molecule has 0 saturated carbocycles. The highest BCUT2D eigenvalue weighted by molar-refractivity contribution is 6.31. The summed E-state index contributed by atoms with van der Waals surface area (Å²) in [6, 6.07) is 6.67. The highest BCUT2D eigenvalue weighted by Gasteiger charge is 2.36. The first-order valence-corrected chi connectivity index (χ1v) is 13.3. The van der Waals surface area contributed by atoms with Gasteiger partial charge in [0, 0.05) is 29.8 Å². The first-order chi connectivity index (χ1) is 18.2.